The molecule has 0 amide bonds. The molecule has 1 saturated heterocycles. The Bertz CT molecular complexity index is 225. The van der Waals surface area contributed by atoms with E-state index in [0.29, 0.717) is 4.99 Å². The number of aliphatic hydroxyl groups is 1. The van der Waals surface area contributed by atoms with Gasteiger partial charge in [0.2, 0.25) is 0 Å². The van der Waals surface area contributed by atoms with E-state index >= 15 is 0 Å². The van der Waals surface area contributed by atoms with Crippen LogP contribution in [0.2, 0.25) is 0 Å². The second-order valence-corrected chi connectivity index (χ2v) is 5.48. The maximum absolute atomic E-state index is 9.68. The predicted octanol–water partition coefficient (Wildman–Crippen LogP) is 1.29. The molecular formula is C11H22N2OS. The van der Waals surface area contributed by atoms with Gasteiger partial charge in [-0.1, -0.05) is 18.6 Å². The Kier molecular flexibility index (Phi) is 4.49. The first-order valence-electron chi connectivity index (χ1n) is 5.66. The lowest BCUT2D eigenvalue weighted by Crippen LogP contribution is -2.48. The van der Waals surface area contributed by atoms with Crippen LogP contribution in [0.4, 0.5) is 0 Å². The molecule has 1 heterocycles. The van der Waals surface area contributed by atoms with Crippen LogP contribution in [0.3, 0.4) is 0 Å². The van der Waals surface area contributed by atoms with Crippen molar-refractivity contribution in [2.24, 2.45) is 5.73 Å². The van der Waals surface area contributed by atoms with Gasteiger partial charge in [-0.2, -0.15) is 0 Å². The molecule has 15 heavy (non-hydrogen) atoms. The second-order valence-electron chi connectivity index (χ2n) is 5.01. The lowest BCUT2D eigenvalue weighted by molar-refractivity contribution is 0.0510. The average Bonchev–Trinajstić information content (AvgIpc) is 2.14. The molecular weight excluding hydrogens is 208 g/mol. The van der Waals surface area contributed by atoms with Crippen LogP contribution >= 0.6 is 12.2 Å². The first-order chi connectivity index (χ1) is 6.90. The van der Waals surface area contributed by atoms with E-state index in [0.717, 1.165) is 25.9 Å². The lowest BCUT2D eigenvalue weighted by atomic mass is 9.99. The maximum Gasteiger partial charge on any atom is 0.0902 e. The molecule has 0 radical (unpaired) electrons. The lowest BCUT2D eigenvalue weighted by Gasteiger charge is -2.36. The summed E-state index contributed by atoms with van der Waals surface area (Å²) in [6.45, 7) is 5.61. The van der Waals surface area contributed by atoms with Crippen molar-refractivity contribution in [3.8, 4) is 0 Å². The summed E-state index contributed by atoms with van der Waals surface area (Å²) in [4.78, 5) is 2.91. The molecule has 3 nitrogen and oxygen atoms in total. The zero-order valence-electron chi connectivity index (χ0n) is 9.70. The van der Waals surface area contributed by atoms with E-state index in [4.69, 9.17) is 18.0 Å². The number of rotatable bonds is 4. The summed E-state index contributed by atoms with van der Waals surface area (Å²) >= 11 is 5.07. The maximum atomic E-state index is 9.68. The molecule has 1 rings (SSSR count). The molecule has 0 aromatic carbocycles. The van der Waals surface area contributed by atoms with Gasteiger partial charge in [-0.05, 0) is 39.7 Å². The topological polar surface area (TPSA) is 49.5 Å². The molecule has 3 N–H and O–H groups in total. The van der Waals surface area contributed by atoms with Gasteiger partial charge in [0.05, 0.1) is 16.6 Å². The molecule has 1 fully saturated rings. The molecule has 0 aromatic rings. The van der Waals surface area contributed by atoms with E-state index < -0.39 is 5.60 Å². The Labute approximate surface area is 97.6 Å². The molecule has 1 aliphatic heterocycles. The van der Waals surface area contributed by atoms with Crippen molar-refractivity contribution in [3.63, 3.8) is 0 Å². The SMILES string of the molecule is CC(C)(O)CCN1CCCCC1C(N)=S. The number of hydrogen-bond acceptors (Lipinski definition) is 3. The van der Waals surface area contributed by atoms with Crippen molar-refractivity contribution in [2.45, 2.75) is 51.2 Å². The van der Waals surface area contributed by atoms with Crippen molar-refractivity contribution in [1.29, 1.82) is 0 Å². The number of piperidine rings is 1. The van der Waals surface area contributed by atoms with Gasteiger partial charge in [-0.25, -0.2) is 0 Å². The quantitative estimate of drug-likeness (QED) is 0.715. The Morgan fingerprint density at radius 3 is 2.73 bits per heavy atom. The van der Waals surface area contributed by atoms with Gasteiger partial charge in [-0.3, -0.25) is 4.90 Å². The monoisotopic (exact) mass is 230 g/mol. The molecule has 0 saturated carbocycles. The fourth-order valence-corrected chi connectivity index (χ4v) is 2.26. The highest BCUT2D eigenvalue weighted by molar-refractivity contribution is 7.80. The zero-order valence-corrected chi connectivity index (χ0v) is 10.5. The Balaban J connectivity index is 2.46. The minimum Gasteiger partial charge on any atom is -0.392 e. The minimum absolute atomic E-state index is 0.246. The largest absolute Gasteiger partial charge is 0.392 e. The number of likely N-dealkylation sites (tertiary alicyclic amines) is 1. The third-order valence-electron chi connectivity index (χ3n) is 2.95. The van der Waals surface area contributed by atoms with Gasteiger partial charge in [0, 0.05) is 6.54 Å². The standard InChI is InChI=1S/C11H22N2OS/c1-11(2,14)6-8-13-7-4-3-5-9(13)10(12)15/h9,14H,3-8H2,1-2H3,(H2,12,15). The molecule has 4 heteroatoms. The van der Waals surface area contributed by atoms with E-state index in [-0.39, 0.29) is 6.04 Å². The van der Waals surface area contributed by atoms with Crippen LogP contribution in [-0.2, 0) is 0 Å². The van der Waals surface area contributed by atoms with E-state index in [1.165, 1.54) is 12.8 Å². The Morgan fingerprint density at radius 1 is 1.53 bits per heavy atom. The summed E-state index contributed by atoms with van der Waals surface area (Å²) in [6, 6.07) is 0.246. The summed E-state index contributed by atoms with van der Waals surface area (Å²) in [5.74, 6) is 0. The normalized spacial score (nSPS) is 24.1. The van der Waals surface area contributed by atoms with Gasteiger partial charge in [0.25, 0.3) is 0 Å². The summed E-state index contributed by atoms with van der Waals surface area (Å²) in [5.41, 5.74) is 5.13. The highest BCUT2D eigenvalue weighted by atomic mass is 32.1. The van der Waals surface area contributed by atoms with Gasteiger partial charge in [0.15, 0.2) is 0 Å². The van der Waals surface area contributed by atoms with Crippen molar-refractivity contribution in [2.75, 3.05) is 13.1 Å². The number of hydrogen-bond donors (Lipinski definition) is 2. The fraction of sp³-hybridized carbons (Fsp3) is 0.909. The van der Waals surface area contributed by atoms with Crippen molar-refractivity contribution in [3.05, 3.63) is 0 Å². The van der Waals surface area contributed by atoms with Gasteiger partial charge < -0.3 is 10.8 Å². The highest BCUT2D eigenvalue weighted by Crippen LogP contribution is 2.19. The minimum atomic E-state index is -0.599. The third-order valence-corrected chi connectivity index (χ3v) is 3.22. The summed E-state index contributed by atoms with van der Waals surface area (Å²) in [6.07, 6.45) is 4.26. The highest BCUT2D eigenvalue weighted by Gasteiger charge is 2.25. The molecule has 1 atom stereocenters. The molecule has 0 aliphatic carbocycles. The van der Waals surface area contributed by atoms with E-state index in [2.05, 4.69) is 4.90 Å². The predicted molar refractivity (Wildman–Crippen MR) is 66.9 cm³/mol. The van der Waals surface area contributed by atoms with Gasteiger partial charge in [0.1, 0.15) is 0 Å². The van der Waals surface area contributed by atoms with E-state index in [9.17, 15) is 5.11 Å². The van der Waals surface area contributed by atoms with Crippen molar-refractivity contribution in [1.82, 2.24) is 4.90 Å². The van der Waals surface area contributed by atoms with Crippen LogP contribution in [-0.4, -0.2) is 39.7 Å². The van der Waals surface area contributed by atoms with Crippen molar-refractivity contribution >= 4 is 17.2 Å². The van der Waals surface area contributed by atoms with Gasteiger partial charge >= 0.3 is 0 Å². The smallest absolute Gasteiger partial charge is 0.0902 e. The van der Waals surface area contributed by atoms with Crippen LogP contribution in [0.5, 0.6) is 0 Å². The molecule has 0 bridgehead atoms. The molecule has 88 valence electrons. The first-order valence-corrected chi connectivity index (χ1v) is 6.07. The summed E-state index contributed by atoms with van der Waals surface area (Å²) in [7, 11) is 0. The summed E-state index contributed by atoms with van der Waals surface area (Å²) in [5, 5.41) is 9.68. The second kappa shape index (κ2) is 5.23. The third kappa shape index (κ3) is 4.45. The molecule has 0 aromatic heterocycles. The van der Waals surface area contributed by atoms with Gasteiger partial charge in [-0.15, -0.1) is 0 Å². The Morgan fingerprint density at radius 2 is 2.20 bits per heavy atom. The number of nitrogens with two attached hydrogens (primary N) is 1. The average molecular weight is 230 g/mol. The van der Waals surface area contributed by atoms with Crippen LogP contribution in [0, 0.1) is 0 Å². The fourth-order valence-electron chi connectivity index (χ4n) is 2.00. The van der Waals surface area contributed by atoms with Crippen LogP contribution < -0.4 is 5.73 Å². The zero-order chi connectivity index (χ0) is 11.5. The first kappa shape index (κ1) is 12.9. The molecule has 0 spiro atoms. The van der Waals surface area contributed by atoms with Crippen molar-refractivity contribution < 1.29 is 5.11 Å². The van der Waals surface area contributed by atoms with E-state index in [1.807, 2.05) is 13.8 Å². The van der Waals surface area contributed by atoms with Crippen LogP contribution in [0.1, 0.15) is 39.5 Å². The molecule has 1 aliphatic rings. The van der Waals surface area contributed by atoms with Crippen LogP contribution in [0.25, 0.3) is 0 Å². The molecule has 1 unspecified atom stereocenters. The summed E-state index contributed by atoms with van der Waals surface area (Å²) < 4.78 is 0. The Hall–Kier alpha value is -0.190. The van der Waals surface area contributed by atoms with E-state index in [1.54, 1.807) is 0 Å². The number of nitrogens with zero attached hydrogens (tertiary/aromatic N) is 1. The number of thiocarbonyl (C=S) groups is 1. The van der Waals surface area contributed by atoms with Crippen LogP contribution in [0.15, 0.2) is 0 Å².